The van der Waals surface area contributed by atoms with Crippen LogP contribution in [0, 0.1) is 0 Å². The molecular formula is C34H48N2Ni. The Bertz CT molecular complexity index is 1020. The van der Waals surface area contributed by atoms with Crippen LogP contribution in [0.1, 0.15) is 127 Å². The van der Waals surface area contributed by atoms with Crippen molar-refractivity contribution >= 4 is 11.4 Å². The van der Waals surface area contributed by atoms with E-state index < -0.39 is 0 Å². The van der Waals surface area contributed by atoms with Gasteiger partial charge in [-0.1, -0.05) is 115 Å². The van der Waals surface area contributed by atoms with Crippen molar-refractivity contribution in [2.24, 2.45) is 0 Å². The summed E-state index contributed by atoms with van der Waals surface area (Å²) < 4.78 is 0. The molecule has 0 aliphatic carbocycles. The van der Waals surface area contributed by atoms with Crippen molar-refractivity contribution in [2.75, 3.05) is 0 Å². The van der Waals surface area contributed by atoms with Crippen molar-refractivity contribution in [2.45, 2.75) is 118 Å². The van der Waals surface area contributed by atoms with Crippen LogP contribution in [0.15, 0.2) is 59.7 Å². The second-order valence-electron chi connectivity index (χ2n) is 10.1. The average Bonchev–Trinajstić information content (AvgIpc) is 2.90. The minimum Gasteiger partial charge on any atom is -0.348 e. The van der Waals surface area contributed by atoms with Crippen LogP contribution < -0.4 is 0 Å². The molecule has 2 rings (SSSR count). The Kier molecular flexibility index (Phi) is 17.7. The number of hydrogen-bond donors (Lipinski definition) is 0. The number of benzene rings is 2. The number of rotatable bonds is 17. The molecule has 2 aromatic carbocycles. The third kappa shape index (κ3) is 11.4. The first kappa shape index (κ1) is 32.9. The van der Waals surface area contributed by atoms with Crippen LogP contribution in [0.4, 0.5) is 0 Å². The van der Waals surface area contributed by atoms with Crippen molar-refractivity contribution < 1.29 is 21.3 Å². The van der Waals surface area contributed by atoms with E-state index in [1.807, 2.05) is 0 Å². The maximum Gasteiger partial charge on any atom is 0.303 e. The third-order valence-corrected chi connectivity index (χ3v) is 7.01. The Morgan fingerprint density at radius 3 is 1.97 bits per heavy atom. The maximum atomic E-state index is 9.53. The zero-order chi connectivity index (χ0) is 26.0. The van der Waals surface area contributed by atoms with Gasteiger partial charge in [-0.2, -0.15) is 0 Å². The molecule has 0 radical (unpaired) electrons. The van der Waals surface area contributed by atoms with E-state index in [9.17, 15) is 5.53 Å². The first-order chi connectivity index (χ1) is 17.7. The minimum atomic E-state index is 0. The van der Waals surface area contributed by atoms with Gasteiger partial charge in [0.1, 0.15) is 0 Å². The number of allylic oxidation sites excluding steroid dienone is 2. The number of aryl methyl sites for hydroxylation is 2. The van der Waals surface area contributed by atoms with Gasteiger partial charge >= 0.3 is 5.87 Å². The zero-order valence-electron chi connectivity index (χ0n) is 23.7. The van der Waals surface area contributed by atoms with Gasteiger partial charge in [-0.25, -0.2) is 0 Å². The normalized spacial score (nSPS) is 11.2. The summed E-state index contributed by atoms with van der Waals surface area (Å²) in [5, 5.41) is 0. The van der Waals surface area contributed by atoms with Crippen LogP contribution in [-0.4, -0.2) is 10.7 Å². The number of nitrogens with zero attached hydrogens (tertiary/aromatic N) is 2. The van der Waals surface area contributed by atoms with Gasteiger partial charge in [0.15, 0.2) is 0 Å². The molecule has 0 aliphatic heterocycles. The maximum absolute atomic E-state index is 9.53. The summed E-state index contributed by atoms with van der Waals surface area (Å²) in [6.07, 6.45) is 16.0. The van der Waals surface area contributed by atoms with E-state index in [1.165, 1.54) is 78.3 Å². The standard InChI is InChI=1S/C34H48N2.Ni/c1-5-9-13-17-28-22-24-30(25-23-28)34(31-20-15-18-29(26-31)16-11-7-3)33(21-14-10-6-2)32(27-36-35)19-12-8-4;/h15,18,20,22-26H,5-14,16-17,19,21H2,1-4H3;. The molecule has 0 bridgehead atoms. The Morgan fingerprint density at radius 1 is 0.676 bits per heavy atom. The molecule has 0 unspecified atom stereocenters. The zero-order valence-corrected chi connectivity index (χ0v) is 24.7. The second kappa shape index (κ2) is 19.9. The SMILES string of the molecule is CCCCCC(C(=C=[N+]=[N-])CCCC)=C(c1ccc(CCCCC)cc1)c1cccc(CCCC)c1.[Ni]. The minimum absolute atomic E-state index is 0. The van der Waals surface area contributed by atoms with Gasteiger partial charge in [-0.15, -0.1) is 4.79 Å². The Labute approximate surface area is 237 Å². The summed E-state index contributed by atoms with van der Waals surface area (Å²) in [6, 6.07) is 18.3. The summed E-state index contributed by atoms with van der Waals surface area (Å²) >= 11 is 0. The molecular weight excluding hydrogens is 495 g/mol. The van der Waals surface area contributed by atoms with E-state index in [4.69, 9.17) is 0 Å². The topological polar surface area (TPSA) is 36.4 Å². The molecule has 0 aromatic heterocycles. The van der Waals surface area contributed by atoms with Crippen LogP contribution in [0.5, 0.6) is 0 Å². The Morgan fingerprint density at radius 2 is 1.32 bits per heavy atom. The molecule has 0 fully saturated rings. The summed E-state index contributed by atoms with van der Waals surface area (Å²) in [7, 11) is 0. The van der Waals surface area contributed by atoms with Gasteiger partial charge in [0.05, 0.1) is 5.57 Å². The van der Waals surface area contributed by atoms with E-state index in [0.29, 0.717) is 0 Å². The summed E-state index contributed by atoms with van der Waals surface area (Å²) in [6.45, 7) is 8.97. The van der Waals surface area contributed by atoms with Crippen LogP contribution >= 0.6 is 0 Å². The predicted molar refractivity (Wildman–Crippen MR) is 157 cm³/mol. The summed E-state index contributed by atoms with van der Waals surface area (Å²) in [5.41, 5.74) is 18.5. The molecule has 0 amide bonds. The number of unbranched alkanes of at least 4 members (excludes halogenated alkanes) is 6. The molecule has 2 aromatic rings. The summed E-state index contributed by atoms with van der Waals surface area (Å²) in [4.78, 5) is 3.40. The van der Waals surface area contributed by atoms with E-state index in [0.717, 1.165) is 50.5 Å². The first-order valence-corrected chi connectivity index (χ1v) is 14.6. The average molecular weight is 543 g/mol. The molecule has 3 heteroatoms. The van der Waals surface area contributed by atoms with Crippen molar-refractivity contribution in [3.05, 3.63) is 87.5 Å². The fraction of sp³-hybridized carbons (Fsp3) is 0.529. The summed E-state index contributed by atoms with van der Waals surface area (Å²) in [5.74, 6) is 3.00. The third-order valence-electron chi connectivity index (χ3n) is 7.01. The van der Waals surface area contributed by atoms with E-state index in [-0.39, 0.29) is 16.5 Å². The monoisotopic (exact) mass is 542 g/mol. The molecule has 2 nitrogen and oxygen atoms in total. The molecule has 0 N–H and O–H groups in total. The Balaban J connectivity index is 0.00000684. The van der Waals surface area contributed by atoms with Gasteiger partial charge < -0.3 is 5.53 Å². The van der Waals surface area contributed by atoms with Gasteiger partial charge in [0, 0.05) is 16.5 Å². The fourth-order valence-electron chi connectivity index (χ4n) is 4.86. The van der Waals surface area contributed by atoms with Gasteiger partial charge in [-0.3, -0.25) is 0 Å². The molecule has 0 heterocycles. The Hall–Kier alpha value is -2.17. The smallest absolute Gasteiger partial charge is 0.303 e. The molecule has 37 heavy (non-hydrogen) atoms. The predicted octanol–water partition coefficient (Wildman–Crippen LogP) is 10.2. The van der Waals surface area contributed by atoms with Crippen molar-refractivity contribution in [3.63, 3.8) is 0 Å². The molecule has 0 saturated heterocycles. The van der Waals surface area contributed by atoms with E-state index >= 15 is 0 Å². The molecule has 0 spiro atoms. The first-order valence-electron chi connectivity index (χ1n) is 14.6. The van der Waals surface area contributed by atoms with Crippen molar-refractivity contribution in [1.82, 2.24) is 0 Å². The molecule has 0 saturated carbocycles. The van der Waals surface area contributed by atoms with Crippen molar-refractivity contribution in [1.29, 1.82) is 0 Å². The van der Waals surface area contributed by atoms with Gasteiger partial charge in [0.2, 0.25) is 0 Å². The van der Waals surface area contributed by atoms with E-state index in [2.05, 4.69) is 86.9 Å². The molecule has 0 aliphatic rings. The van der Waals surface area contributed by atoms with Crippen molar-refractivity contribution in [3.8, 4) is 0 Å². The van der Waals surface area contributed by atoms with Gasteiger partial charge in [-0.05, 0) is 84.8 Å². The van der Waals surface area contributed by atoms with Crippen LogP contribution in [0.3, 0.4) is 0 Å². The van der Waals surface area contributed by atoms with Crippen LogP contribution in [0.25, 0.3) is 11.1 Å². The molecule has 204 valence electrons. The fourth-order valence-corrected chi connectivity index (χ4v) is 4.86. The van der Waals surface area contributed by atoms with Crippen LogP contribution in [-0.2, 0) is 29.3 Å². The second-order valence-corrected chi connectivity index (χ2v) is 10.1. The van der Waals surface area contributed by atoms with Crippen LogP contribution in [0.2, 0.25) is 0 Å². The quantitative estimate of drug-likeness (QED) is 0.0475. The van der Waals surface area contributed by atoms with E-state index in [1.54, 1.807) is 0 Å². The number of hydrogen-bond acceptors (Lipinski definition) is 0. The largest absolute Gasteiger partial charge is 0.348 e. The van der Waals surface area contributed by atoms with Gasteiger partial charge in [0.25, 0.3) is 0 Å². The molecule has 0 atom stereocenters.